The van der Waals surface area contributed by atoms with Crippen molar-refractivity contribution >= 4 is 6.08 Å². The van der Waals surface area contributed by atoms with Gasteiger partial charge in [-0.2, -0.15) is 0 Å². The van der Waals surface area contributed by atoms with Gasteiger partial charge >= 0.3 is 0 Å². The van der Waals surface area contributed by atoms with Crippen LogP contribution in [-0.4, -0.2) is 23.3 Å². The first-order valence-corrected chi connectivity index (χ1v) is 7.90. The number of nitrogens with one attached hydrogen (secondary N) is 1. The molecule has 2 N–H and O–H groups in total. The van der Waals surface area contributed by atoms with E-state index in [0.717, 1.165) is 25.7 Å². The molecule has 0 aromatic heterocycles. The molecule has 2 unspecified atom stereocenters. The van der Waals surface area contributed by atoms with Crippen molar-refractivity contribution in [2.24, 2.45) is 5.92 Å². The van der Waals surface area contributed by atoms with Crippen LogP contribution in [0.3, 0.4) is 0 Å². The van der Waals surface area contributed by atoms with E-state index in [1.54, 1.807) is 0 Å². The van der Waals surface area contributed by atoms with Gasteiger partial charge in [0.1, 0.15) is 0 Å². The molecule has 1 aromatic carbocycles. The third-order valence-electron chi connectivity index (χ3n) is 4.72. The van der Waals surface area contributed by atoms with E-state index < -0.39 is 0 Å². The molecule has 2 fully saturated rings. The second-order valence-corrected chi connectivity index (χ2v) is 6.42. The van der Waals surface area contributed by atoms with Gasteiger partial charge in [0.15, 0.2) is 0 Å². The second-order valence-electron chi connectivity index (χ2n) is 6.42. The number of benzene rings is 1. The van der Waals surface area contributed by atoms with Gasteiger partial charge < -0.3 is 10.4 Å². The third-order valence-corrected chi connectivity index (χ3v) is 4.72. The molecule has 1 aromatic rings. The van der Waals surface area contributed by atoms with E-state index in [9.17, 15) is 5.11 Å². The fourth-order valence-electron chi connectivity index (χ4n) is 3.35. The molecule has 2 nitrogen and oxygen atoms in total. The maximum atomic E-state index is 9.54. The second kappa shape index (κ2) is 6.11. The van der Waals surface area contributed by atoms with Crippen molar-refractivity contribution < 1.29 is 5.11 Å². The lowest BCUT2D eigenvalue weighted by Crippen LogP contribution is -2.36. The number of rotatable bonds is 4. The van der Waals surface area contributed by atoms with Crippen molar-refractivity contribution in [2.75, 3.05) is 0 Å². The molecule has 2 atom stereocenters. The Morgan fingerprint density at radius 3 is 2.55 bits per heavy atom. The molecule has 0 spiro atoms. The first-order chi connectivity index (χ1) is 9.72. The van der Waals surface area contributed by atoms with Crippen LogP contribution < -0.4 is 5.32 Å². The molecule has 20 heavy (non-hydrogen) atoms. The Balaban J connectivity index is 1.50. The van der Waals surface area contributed by atoms with Gasteiger partial charge in [-0.3, -0.25) is 0 Å². The Kier molecular flexibility index (Phi) is 4.23. The van der Waals surface area contributed by atoms with E-state index in [1.165, 1.54) is 17.6 Å². The third kappa shape index (κ3) is 3.50. The average molecular weight is 271 g/mol. The zero-order valence-electron chi connectivity index (χ0n) is 12.3. The molecule has 2 aliphatic carbocycles. The molecule has 0 aliphatic heterocycles. The first-order valence-electron chi connectivity index (χ1n) is 7.90. The molecule has 108 valence electrons. The normalized spacial score (nSPS) is 34.0. The van der Waals surface area contributed by atoms with Gasteiger partial charge in [-0.1, -0.05) is 42.0 Å². The Morgan fingerprint density at radius 1 is 1.15 bits per heavy atom. The molecular weight excluding hydrogens is 246 g/mol. The average Bonchev–Trinajstić information content (AvgIpc) is 3.22. The molecule has 2 saturated carbocycles. The number of hydrogen-bond acceptors (Lipinski definition) is 2. The van der Waals surface area contributed by atoms with Crippen LogP contribution in [0, 0.1) is 5.92 Å². The summed E-state index contributed by atoms with van der Waals surface area (Å²) in [4.78, 5) is 0. The van der Waals surface area contributed by atoms with Crippen LogP contribution in [-0.2, 0) is 0 Å². The zero-order valence-corrected chi connectivity index (χ0v) is 12.3. The highest BCUT2D eigenvalue weighted by Crippen LogP contribution is 2.39. The van der Waals surface area contributed by atoms with Gasteiger partial charge in [-0.25, -0.2) is 0 Å². The van der Waals surface area contributed by atoms with Gasteiger partial charge in [0.2, 0.25) is 0 Å². The Bertz CT molecular complexity index is 460. The fourth-order valence-corrected chi connectivity index (χ4v) is 3.35. The van der Waals surface area contributed by atoms with E-state index in [2.05, 4.69) is 48.6 Å². The zero-order chi connectivity index (χ0) is 13.9. The minimum Gasteiger partial charge on any atom is -0.393 e. The van der Waals surface area contributed by atoms with Crippen molar-refractivity contribution in [3.05, 3.63) is 41.5 Å². The summed E-state index contributed by atoms with van der Waals surface area (Å²) >= 11 is 0. The maximum Gasteiger partial charge on any atom is 0.0541 e. The van der Waals surface area contributed by atoms with Crippen LogP contribution in [0.2, 0.25) is 0 Å². The lowest BCUT2D eigenvalue weighted by atomic mass is 9.93. The maximum absolute atomic E-state index is 9.54. The van der Waals surface area contributed by atoms with Crippen LogP contribution in [0.25, 0.3) is 6.08 Å². The monoisotopic (exact) mass is 271 g/mol. The van der Waals surface area contributed by atoms with Gasteiger partial charge in [-0.05, 0) is 50.5 Å². The number of aliphatic hydroxyl groups excluding tert-OH is 1. The van der Waals surface area contributed by atoms with Crippen LogP contribution in [0.5, 0.6) is 0 Å². The standard InChI is InChI=1S/C18H25NO/c1-13(11-14-5-3-2-4-6-14)17-12-18(17)19-15-7-9-16(20)10-8-15/h2-6,11,15-20H,7-10,12H2,1H3/b13-11+. The summed E-state index contributed by atoms with van der Waals surface area (Å²) in [5.41, 5.74) is 2.79. The lowest BCUT2D eigenvalue weighted by molar-refractivity contribution is 0.116. The van der Waals surface area contributed by atoms with Crippen LogP contribution in [0.4, 0.5) is 0 Å². The van der Waals surface area contributed by atoms with Crippen LogP contribution in [0.15, 0.2) is 35.9 Å². The number of hydrogen-bond donors (Lipinski definition) is 2. The smallest absolute Gasteiger partial charge is 0.0541 e. The highest BCUT2D eigenvalue weighted by molar-refractivity contribution is 5.53. The lowest BCUT2D eigenvalue weighted by Gasteiger charge is -2.26. The highest BCUT2D eigenvalue weighted by Gasteiger charge is 2.39. The fraction of sp³-hybridized carbons (Fsp3) is 0.556. The summed E-state index contributed by atoms with van der Waals surface area (Å²) in [6.07, 6.45) is 7.73. The largest absolute Gasteiger partial charge is 0.393 e. The molecule has 0 saturated heterocycles. The summed E-state index contributed by atoms with van der Waals surface area (Å²) in [6, 6.07) is 11.9. The molecule has 0 bridgehead atoms. The van der Waals surface area contributed by atoms with Gasteiger partial charge in [-0.15, -0.1) is 0 Å². The van der Waals surface area contributed by atoms with E-state index in [4.69, 9.17) is 0 Å². The summed E-state index contributed by atoms with van der Waals surface area (Å²) < 4.78 is 0. The SMILES string of the molecule is C/C(=C\c1ccccc1)C1CC1NC1CCC(O)CC1. The number of aliphatic hydroxyl groups is 1. The topological polar surface area (TPSA) is 32.3 Å². The molecule has 3 rings (SSSR count). The predicted molar refractivity (Wildman–Crippen MR) is 83.4 cm³/mol. The molecule has 2 heteroatoms. The van der Waals surface area contributed by atoms with Crippen molar-refractivity contribution in [1.29, 1.82) is 0 Å². The van der Waals surface area contributed by atoms with Crippen LogP contribution in [0.1, 0.15) is 44.6 Å². The van der Waals surface area contributed by atoms with Crippen LogP contribution >= 0.6 is 0 Å². The summed E-state index contributed by atoms with van der Waals surface area (Å²) in [6.45, 7) is 2.25. The van der Waals surface area contributed by atoms with Gasteiger partial charge in [0.25, 0.3) is 0 Å². The Labute approximate surface area is 121 Å². The molecule has 2 aliphatic rings. The molecule has 0 amide bonds. The minimum absolute atomic E-state index is 0.0530. The van der Waals surface area contributed by atoms with Crippen molar-refractivity contribution in [3.8, 4) is 0 Å². The first kappa shape index (κ1) is 13.8. The van der Waals surface area contributed by atoms with Crippen molar-refractivity contribution in [3.63, 3.8) is 0 Å². The molecule has 0 heterocycles. The summed E-state index contributed by atoms with van der Waals surface area (Å²) in [5.74, 6) is 0.710. The van der Waals surface area contributed by atoms with E-state index in [-0.39, 0.29) is 6.10 Å². The Morgan fingerprint density at radius 2 is 1.85 bits per heavy atom. The van der Waals surface area contributed by atoms with Crippen molar-refractivity contribution in [1.82, 2.24) is 5.32 Å². The molecular formula is C18H25NO. The highest BCUT2D eigenvalue weighted by atomic mass is 16.3. The molecule has 0 radical (unpaired) electrons. The summed E-state index contributed by atoms with van der Waals surface area (Å²) in [7, 11) is 0. The van der Waals surface area contributed by atoms with Gasteiger partial charge in [0.05, 0.1) is 6.10 Å². The van der Waals surface area contributed by atoms with Gasteiger partial charge in [0, 0.05) is 12.1 Å². The Hall–Kier alpha value is -1.12. The van der Waals surface area contributed by atoms with Crippen molar-refractivity contribution in [2.45, 2.75) is 57.2 Å². The minimum atomic E-state index is -0.0530. The summed E-state index contributed by atoms with van der Waals surface area (Å²) in [5, 5.41) is 13.3. The van der Waals surface area contributed by atoms with E-state index in [0.29, 0.717) is 18.0 Å². The predicted octanol–water partition coefficient (Wildman–Crippen LogP) is 3.37. The quantitative estimate of drug-likeness (QED) is 0.880. The van der Waals surface area contributed by atoms with E-state index >= 15 is 0 Å². The van der Waals surface area contributed by atoms with E-state index in [1.807, 2.05) is 0 Å².